The molecule has 112 valence electrons. The van der Waals surface area contributed by atoms with Gasteiger partial charge in [-0.05, 0) is 36.6 Å². The number of ether oxygens (including phenoxy) is 1. The van der Waals surface area contributed by atoms with Gasteiger partial charge in [-0.25, -0.2) is 13.2 Å². The summed E-state index contributed by atoms with van der Waals surface area (Å²) in [6.45, 7) is 2.98. The number of methoxy groups -OCH3 is 1. The number of hydrogen-bond acceptors (Lipinski definition) is 5. The summed E-state index contributed by atoms with van der Waals surface area (Å²) < 4.78 is 31.6. The second-order valence-electron chi connectivity index (χ2n) is 4.91. The topological polar surface area (TPSA) is 63.7 Å². The summed E-state index contributed by atoms with van der Waals surface area (Å²) in [6, 6.07) is 1.49. The summed E-state index contributed by atoms with van der Waals surface area (Å²) in [5.41, 5.74) is 0. The molecular weight excluding hydrogens is 298 g/mol. The molecule has 1 aliphatic rings. The van der Waals surface area contributed by atoms with Crippen molar-refractivity contribution < 1.29 is 17.9 Å². The van der Waals surface area contributed by atoms with E-state index in [-0.39, 0.29) is 9.77 Å². The normalized spacial score (nSPS) is 15.6. The molecular formula is C13H19NO4S2. The average Bonchev–Trinajstić information content (AvgIpc) is 3.09. The lowest BCUT2D eigenvalue weighted by atomic mass is 10.4. The molecule has 0 atom stereocenters. The van der Waals surface area contributed by atoms with Gasteiger partial charge in [0.25, 0.3) is 0 Å². The first-order valence-electron chi connectivity index (χ1n) is 6.66. The van der Waals surface area contributed by atoms with Crippen molar-refractivity contribution in [1.82, 2.24) is 4.31 Å². The number of nitrogens with zero attached hydrogens (tertiary/aromatic N) is 1. The molecule has 1 aliphatic carbocycles. The van der Waals surface area contributed by atoms with E-state index in [9.17, 15) is 13.2 Å². The van der Waals surface area contributed by atoms with E-state index in [1.54, 1.807) is 5.38 Å². The predicted molar refractivity (Wildman–Crippen MR) is 77.4 cm³/mol. The highest BCUT2D eigenvalue weighted by Crippen LogP contribution is 2.33. The Morgan fingerprint density at radius 1 is 1.50 bits per heavy atom. The van der Waals surface area contributed by atoms with Crippen molar-refractivity contribution in [2.24, 2.45) is 5.92 Å². The third kappa shape index (κ3) is 3.21. The molecule has 0 spiro atoms. The van der Waals surface area contributed by atoms with Crippen LogP contribution in [0.3, 0.4) is 0 Å². The third-order valence-electron chi connectivity index (χ3n) is 3.25. The van der Waals surface area contributed by atoms with Crippen LogP contribution in [0.5, 0.6) is 0 Å². The second-order valence-corrected chi connectivity index (χ2v) is 7.73. The highest BCUT2D eigenvalue weighted by molar-refractivity contribution is 7.89. The Morgan fingerprint density at radius 2 is 2.20 bits per heavy atom. The second kappa shape index (κ2) is 6.24. The number of sulfonamides is 1. The fraction of sp³-hybridized carbons (Fsp3) is 0.615. The zero-order valence-corrected chi connectivity index (χ0v) is 13.3. The molecule has 0 aromatic carbocycles. The van der Waals surface area contributed by atoms with Crippen molar-refractivity contribution in [3.63, 3.8) is 0 Å². The molecule has 0 aliphatic heterocycles. The monoisotopic (exact) mass is 317 g/mol. The van der Waals surface area contributed by atoms with Crippen LogP contribution < -0.4 is 0 Å². The maximum absolute atomic E-state index is 12.7. The smallest absolute Gasteiger partial charge is 0.349 e. The van der Waals surface area contributed by atoms with E-state index in [1.165, 1.54) is 17.5 Å². The highest BCUT2D eigenvalue weighted by atomic mass is 32.2. The Bertz CT molecular complexity index is 575. The van der Waals surface area contributed by atoms with Crippen molar-refractivity contribution in [2.45, 2.75) is 31.1 Å². The predicted octanol–water partition coefficient (Wildman–Crippen LogP) is 2.35. The van der Waals surface area contributed by atoms with E-state index < -0.39 is 16.0 Å². The quantitative estimate of drug-likeness (QED) is 0.724. The lowest BCUT2D eigenvalue weighted by Gasteiger charge is -2.21. The highest BCUT2D eigenvalue weighted by Gasteiger charge is 2.34. The van der Waals surface area contributed by atoms with Gasteiger partial charge in [0.15, 0.2) is 0 Å². The standard InChI is InChI=1S/C13H19NO4S2/c1-3-7-14(9-10-4-5-10)20(16,17)11-6-8-19-12(11)13(15)18-2/h6,8,10H,3-5,7,9H2,1-2H3. The largest absolute Gasteiger partial charge is 0.465 e. The summed E-state index contributed by atoms with van der Waals surface area (Å²) in [6.07, 6.45) is 2.93. The Balaban J connectivity index is 2.31. The van der Waals surface area contributed by atoms with Gasteiger partial charge in [-0.2, -0.15) is 4.31 Å². The minimum absolute atomic E-state index is 0.0726. The fourth-order valence-corrected chi connectivity index (χ4v) is 4.94. The van der Waals surface area contributed by atoms with Gasteiger partial charge < -0.3 is 4.74 Å². The number of hydrogen-bond donors (Lipinski definition) is 0. The molecule has 1 saturated carbocycles. The molecule has 0 bridgehead atoms. The van der Waals surface area contributed by atoms with Crippen LogP contribution in [0.1, 0.15) is 35.9 Å². The number of carbonyl (C=O) groups excluding carboxylic acids is 1. The summed E-state index contributed by atoms with van der Waals surface area (Å²) in [4.78, 5) is 11.9. The van der Waals surface area contributed by atoms with Crippen molar-refractivity contribution in [3.05, 3.63) is 16.3 Å². The zero-order chi connectivity index (χ0) is 14.8. The Morgan fingerprint density at radius 3 is 2.75 bits per heavy atom. The van der Waals surface area contributed by atoms with Crippen LogP contribution in [0.15, 0.2) is 16.3 Å². The molecule has 7 heteroatoms. The Labute approximate surface area is 123 Å². The van der Waals surface area contributed by atoms with Crippen molar-refractivity contribution in [1.29, 1.82) is 0 Å². The van der Waals surface area contributed by atoms with Crippen LogP contribution in [0.4, 0.5) is 0 Å². The zero-order valence-electron chi connectivity index (χ0n) is 11.7. The molecule has 20 heavy (non-hydrogen) atoms. The van der Waals surface area contributed by atoms with E-state index in [1.807, 2.05) is 6.92 Å². The van der Waals surface area contributed by atoms with Crippen molar-refractivity contribution >= 4 is 27.3 Å². The maximum atomic E-state index is 12.7. The summed E-state index contributed by atoms with van der Waals surface area (Å²) >= 11 is 1.10. The Hall–Kier alpha value is -0.920. The first-order chi connectivity index (χ1) is 9.50. The van der Waals surface area contributed by atoms with Crippen molar-refractivity contribution in [2.75, 3.05) is 20.2 Å². The Kier molecular flexibility index (Phi) is 4.82. The minimum atomic E-state index is -3.62. The van der Waals surface area contributed by atoms with E-state index in [0.717, 1.165) is 30.6 Å². The summed E-state index contributed by atoms with van der Waals surface area (Å²) in [5, 5.41) is 1.61. The first kappa shape index (κ1) is 15.5. The molecule has 0 radical (unpaired) electrons. The van der Waals surface area contributed by atoms with E-state index in [0.29, 0.717) is 19.0 Å². The molecule has 1 heterocycles. The van der Waals surface area contributed by atoms with Crippen LogP contribution in [0.2, 0.25) is 0 Å². The molecule has 1 fully saturated rings. The minimum Gasteiger partial charge on any atom is -0.465 e. The SMILES string of the molecule is CCCN(CC1CC1)S(=O)(=O)c1ccsc1C(=O)OC. The van der Waals surface area contributed by atoms with Gasteiger partial charge in [-0.3, -0.25) is 0 Å². The van der Waals surface area contributed by atoms with E-state index in [4.69, 9.17) is 0 Å². The third-order valence-corrected chi connectivity index (χ3v) is 6.18. The molecule has 0 N–H and O–H groups in total. The molecule has 1 aromatic rings. The van der Waals surface area contributed by atoms with Gasteiger partial charge in [0, 0.05) is 13.1 Å². The van der Waals surface area contributed by atoms with Gasteiger partial charge in [0.2, 0.25) is 10.0 Å². The number of esters is 1. The van der Waals surface area contributed by atoms with Crippen LogP contribution in [0.25, 0.3) is 0 Å². The van der Waals surface area contributed by atoms with Crippen LogP contribution in [-0.2, 0) is 14.8 Å². The van der Waals surface area contributed by atoms with Gasteiger partial charge in [0.1, 0.15) is 9.77 Å². The molecule has 5 nitrogen and oxygen atoms in total. The average molecular weight is 317 g/mol. The van der Waals surface area contributed by atoms with Gasteiger partial charge in [0.05, 0.1) is 7.11 Å². The van der Waals surface area contributed by atoms with E-state index >= 15 is 0 Å². The molecule has 0 amide bonds. The van der Waals surface area contributed by atoms with Crippen LogP contribution >= 0.6 is 11.3 Å². The van der Waals surface area contributed by atoms with Crippen LogP contribution in [0, 0.1) is 5.92 Å². The molecule has 1 aromatic heterocycles. The van der Waals surface area contributed by atoms with Gasteiger partial charge in [-0.15, -0.1) is 11.3 Å². The number of thiophene rings is 1. The molecule has 0 unspecified atom stereocenters. The van der Waals surface area contributed by atoms with Gasteiger partial charge in [-0.1, -0.05) is 6.92 Å². The fourth-order valence-electron chi connectivity index (χ4n) is 2.03. The number of carbonyl (C=O) groups is 1. The van der Waals surface area contributed by atoms with E-state index in [2.05, 4.69) is 4.74 Å². The van der Waals surface area contributed by atoms with Gasteiger partial charge >= 0.3 is 5.97 Å². The molecule has 2 rings (SSSR count). The molecule has 0 saturated heterocycles. The van der Waals surface area contributed by atoms with Crippen molar-refractivity contribution in [3.8, 4) is 0 Å². The van der Waals surface area contributed by atoms with Crippen LogP contribution in [-0.4, -0.2) is 38.9 Å². The summed E-state index contributed by atoms with van der Waals surface area (Å²) in [5.74, 6) is -0.127. The first-order valence-corrected chi connectivity index (χ1v) is 8.98. The maximum Gasteiger partial charge on any atom is 0.349 e. The lowest BCUT2D eigenvalue weighted by molar-refractivity contribution is 0.0602. The number of rotatable bonds is 7. The lowest BCUT2D eigenvalue weighted by Crippen LogP contribution is -2.34. The summed E-state index contributed by atoms with van der Waals surface area (Å²) in [7, 11) is -2.36.